The summed E-state index contributed by atoms with van der Waals surface area (Å²) in [6, 6.07) is 11.9. The first kappa shape index (κ1) is 18.0. The fourth-order valence-electron chi connectivity index (χ4n) is 2.17. The second kappa shape index (κ2) is 8.07. The molecule has 26 heavy (non-hydrogen) atoms. The molecular formula is C17H13BrN4O3S. The molecule has 0 radical (unpaired) electrons. The number of nitro benzene ring substituents is 1. The van der Waals surface area contributed by atoms with Crippen molar-refractivity contribution >= 4 is 44.3 Å². The first-order valence-electron chi connectivity index (χ1n) is 7.40. The van der Waals surface area contributed by atoms with E-state index in [1.807, 2.05) is 23.6 Å². The van der Waals surface area contributed by atoms with Crippen LogP contribution in [0, 0.1) is 10.1 Å². The summed E-state index contributed by atoms with van der Waals surface area (Å²) in [7, 11) is 1.60. The van der Waals surface area contributed by atoms with Crippen LogP contribution in [0.25, 0.3) is 11.3 Å². The van der Waals surface area contributed by atoms with Crippen LogP contribution in [0.5, 0.6) is 5.75 Å². The molecule has 0 aliphatic rings. The minimum atomic E-state index is -0.428. The Kier molecular flexibility index (Phi) is 5.59. The van der Waals surface area contributed by atoms with Crippen molar-refractivity contribution in [2.45, 2.75) is 0 Å². The van der Waals surface area contributed by atoms with Gasteiger partial charge in [-0.3, -0.25) is 15.5 Å². The van der Waals surface area contributed by atoms with Gasteiger partial charge in [-0.25, -0.2) is 4.98 Å². The quantitative estimate of drug-likeness (QED) is 0.338. The molecule has 0 saturated carbocycles. The summed E-state index contributed by atoms with van der Waals surface area (Å²) in [5, 5.41) is 17.4. The van der Waals surface area contributed by atoms with Crippen LogP contribution in [-0.4, -0.2) is 23.2 Å². The minimum absolute atomic E-state index is 0.0508. The third kappa shape index (κ3) is 4.24. The van der Waals surface area contributed by atoms with Crippen LogP contribution in [0.4, 0.5) is 10.8 Å². The van der Waals surface area contributed by atoms with E-state index >= 15 is 0 Å². The van der Waals surface area contributed by atoms with E-state index in [0.717, 1.165) is 21.3 Å². The summed E-state index contributed by atoms with van der Waals surface area (Å²) in [6.07, 6.45) is 1.65. The van der Waals surface area contributed by atoms with Crippen molar-refractivity contribution in [2.24, 2.45) is 5.10 Å². The standard InChI is InChI=1S/C17H13BrN4O3S/c1-25-16-7-4-13(18)8-12(16)9-19-21-17-20-15(10-26-17)11-2-5-14(6-3-11)22(23)24/h2-10H,1H3,(H,20,21)/b19-9-. The lowest BCUT2D eigenvalue weighted by Gasteiger charge is -2.04. The fraction of sp³-hybridized carbons (Fsp3) is 0.0588. The predicted octanol–water partition coefficient (Wildman–Crippen LogP) is 4.94. The molecule has 0 aliphatic heterocycles. The third-order valence-corrected chi connectivity index (χ3v) is 4.67. The fourth-order valence-corrected chi connectivity index (χ4v) is 3.22. The van der Waals surface area contributed by atoms with E-state index in [1.165, 1.54) is 23.5 Å². The van der Waals surface area contributed by atoms with Crippen LogP contribution < -0.4 is 10.2 Å². The van der Waals surface area contributed by atoms with E-state index in [1.54, 1.807) is 25.5 Å². The molecule has 0 fully saturated rings. The van der Waals surface area contributed by atoms with Gasteiger partial charge in [-0.2, -0.15) is 5.10 Å². The van der Waals surface area contributed by atoms with Crippen LogP contribution in [0.15, 0.2) is 57.4 Å². The topological polar surface area (TPSA) is 89.7 Å². The zero-order chi connectivity index (χ0) is 18.5. The summed E-state index contributed by atoms with van der Waals surface area (Å²) in [5.41, 5.74) is 5.28. The van der Waals surface area contributed by atoms with Gasteiger partial charge in [0, 0.05) is 33.1 Å². The number of nitrogens with zero attached hydrogens (tertiary/aromatic N) is 3. The lowest BCUT2D eigenvalue weighted by molar-refractivity contribution is -0.384. The molecule has 3 rings (SSSR count). The molecule has 0 saturated heterocycles. The van der Waals surface area contributed by atoms with Gasteiger partial charge in [0.25, 0.3) is 5.69 Å². The van der Waals surface area contributed by atoms with Gasteiger partial charge >= 0.3 is 0 Å². The molecule has 7 nitrogen and oxygen atoms in total. The maximum Gasteiger partial charge on any atom is 0.269 e. The average Bonchev–Trinajstić information content (AvgIpc) is 3.11. The SMILES string of the molecule is COc1ccc(Br)cc1/C=N\Nc1nc(-c2ccc([N+](=O)[O-])cc2)cs1. The maximum absolute atomic E-state index is 10.7. The van der Waals surface area contributed by atoms with Crippen LogP contribution >= 0.6 is 27.3 Å². The molecule has 1 N–H and O–H groups in total. The van der Waals surface area contributed by atoms with Gasteiger partial charge in [0.05, 0.1) is 23.9 Å². The van der Waals surface area contributed by atoms with Crippen molar-refractivity contribution in [1.82, 2.24) is 4.98 Å². The number of nitro groups is 1. The van der Waals surface area contributed by atoms with E-state index in [0.29, 0.717) is 10.9 Å². The molecule has 0 unspecified atom stereocenters. The smallest absolute Gasteiger partial charge is 0.269 e. The second-order valence-electron chi connectivity index (χ2n) is 5.10. The van der Waals surface area contributed by atoms with Gasteiger partial charge in [0.1, 0.15) is 5.75 Å². The van der Waals surface area contributed by atoms with Crippen molar-refractivity contribution in [1.29, 1.82) is 0 Å². The van der Waals surface area contributed by atoms with Gasteiger partial charge < -0.3 is 4.74 Å². The van der Waals surface area contributed by atoms with E-state index in [2.05, 4.69) is 31.4 Å². The Balaban J connectivity index is 1.71. The number of hydrazone groups is 1. The van der Waals surface area contributed by atoms with Gasteiger partial charge in [-0.05, 0) is 30.3 Å². The molecular weight excluding hydrogens is 420 g/mol. The summed E-state index contributed by atoms with van der Waals surface area (Å²) in [6.45, 7) is 0. The zero-order valence-electron chi connectivity index (χ0n) is 13.5. The first-order valence-corrected chi connectivity index (χ1v) is 9.07. The van der Waals surface area contributed by atoms with Gasteiger partial charge in [-0.15, -0.1) is 11.3 Å². The molecule has 2 aromatic carbocycles. The molecule has 1 heterocycles. The highest BCUT2D eigenvalue weighted by Gasteiger charge is 2.08. The number of hydrogen-bond donors (Lipinski definition) is 1. The normalized spacial score (nSPS) is 10.8. The minimum Gasteiger partial charge on any atom is -0.496 e. The summed E-state index contributed by atoms with van der Waals surface area (Å²) in [5.74, 6) is 0.712. The Bertz CT molecular complexity index is 957. The number of halogens is 1. The van der Waals surface area contributed by atoms with Crippen molar-refractivity contribution < 1.29 is 9.66 Å². The van der Waals surface area contributed by atoms with Gasteiger partial charge in [0.2, 0.25) is 5.13 Å². The number of methoxy groups -OCH3 is 1. The molecule has 0 amide bonds. The van der Waals surface area contributed by atoms with E-state index in [9.17, 15) is 10.1 Å². The van der Waals surface area contributed by atoms with E-state index in [4.69, 9.17) is 4.74 Å². The highest BCUT2D eigenvalue weighted by Crippen LogP contribution is 2.26. The summed E-state index contributed by atoms with van der Waals surface area (Å²) >= 11 is 4.81. The Morgan fingerprint density at radius 3 is 2.77 bits per heavy atom. The number of benzene rings is 2. The molecule has 0 bridgehead atoms. The van der Waals surface area contributed by atoms with Crippen molar-refractivity contribution in [3.8, 4) is 17.0 Å². The highest BCUT2D eigenvalue weighted by atomic mass is 79.9. The van der Waals surface area contributed by atoms with Gasteiger partial charge in [0.15, 0.2) is 0 Å². The Hall–Kier alpha value is -2.78. The zero-order valence-corrected chi connectivity index (χ0v) is 16.0. The number of hydrogen-bond acceptors (Lipinski definition) is 7. The van der Waals surface area contributed by atoms with Gasteiger partial charge in [-0.1, -0.05) is 15.9 Å². The largest absolute Gasteiger partial charge is 0.496 e. The Labute approximate surface area is 161 Å². The van der Waals surface area contributed by atoms with Crippen molar-refractivity contribution in [3.63, 3.8) is 0 Å². The average molecular weight is 433 g/mol. The molecule has 0 atom stereocenters. The highest BCUT2D eigenvalue weighted by molar-refractivity contribution is 9.10. The third-order valence-electron chi connectivity index (χ3n) is 3.43. The molecule has 0 aliphatic carbocycles. The van der Waals surface area contributed by atoms with Crippen molar-refractivity contribution in [2.75, 3.05) is 12.5 Å². The van der Waals surface area contributed by atoms with Crippen LogP contribution in [0.1, 0.15) is 5.56 Å². The molecule has 1 aromatic heterocycles. The Morgan fingerprint density at radius 1 is 1.31 bits per heavy atom. The number of thiazole rings is 1. The van der Waals surface area contributed by atoms with Crippen LogP contribution in [0.3, 0.4) is 0 Å². The first-order chi connectivity index (χ1) is 12.6. The van der Waals surface area contributed by atoms with Crippen molar-refractivity contribution in [3.05, 3.63) is 68.0 Å². The maximum atomic E-state index is 10.7. The second-order valence-corrected chi connectivity index (χ2v) is 6.87. The Morgan fingerprint density at radius 2 is 2.08 bits per heavy atom. The van der Waals surface area contributed by atoms with E-state index < -0.39 is 4.92 Å². The lowest BCUT2D eigenvalue weighted by Crippen LogP contribution is -1.94. The molecule has 132 valence electrons. The predicted molar refractivity (Wildman–Crippen MR) is 106 cm³/mol. The van der Waals surface area contributed by atoms with E-state index in [-0.39, 0.29) is 5.69 Å². The lowest BCUT2D eigenvalue weighted by atomic mass is 10.1. The summed E-state index contributed by atoms with van der Waals surface area (Å²) in [4.78, 5) is 14.7. The number of nitrogens with one attached hydrogen (secondary N) is 1. The monoisotopic (exact) mass is 432 g/mol. The molecule has 9 heteroatoms. The van der Waals surface area contributed by atoms with Crippen LogP contribution in [-0.2, 0) is 0 Å². The number of non-ortho nitro benzene ring substituents is 1. The number of anilines is 1. The number of ether oxygens (including phenoxy) is 1. The molecule has 0 spiro atoms. The number of rotatable bonds is 6. The van der Waals surface area contributed by atoms with Crippen LogP contribution in [0.2, 0.25) is 0 Å². The number of aromatic nitrogens is 1. The molecule has 3 aromatic rings. The summed E-state index contributed by atoms with van der Waals surface area (Å²) < 4.78 is 6.22.